The summed E-state index contributed by atoms with van der Waals surface area (Å²) in [5.41, 5.74) is 0.988. The van der Waals surface area contributed by atoms with E-state index in [2.05, 4.69) is 10.3 Å². The standard InChI is InChI=1S/C22H18F2N4O3/c1-31-17-7-5-16(6-8-17)28-21-19(3-2-10-25-21)27(22(28)30)13-20(29)26-12-14-11-15(23)4-9-18(14)24/h2-11H,12-13H2,1H3,(H,26,29). The zero-order valence-corrected chi connectivity index (χ0v) is 16.5. The molecule has 0 saturated heterocycles. The molecule has 0 fully saturated rings. The van der Waals surface area contributed by atoms with Crippen LogP contribution in [0.3, 0.4) is 0 Å². The number of pyridine rings is 1. The summed E-state index contributed by atoms with van der Waals surface area (Å²) in [6.45, 7) is -0.506. The highest BCUT2D eigenvalue weighted by Crippen LogP contribution is 2.18. The maximum Gasteiger partial charge on any atom is 0.335 e. The molecule has 0 unspecified atom stereocenters. The van der Waals surface area contributed by atoms with Crippen molar-refractivity contribution in [2.75, 3.05) is 7.11 Å². The Morgan fingerprint density at radius 3 is 2.65 bits per heavy atom. The molecule has 0 radical (unpaired) electrons. The maximum atomic E-state index is 13.8. The number of carbonyl (C=O) groups is 1. The quantitative estimate of drug-likeness (QED) is 0.516. The average Bonchev–Trinajstić information content (AvgIpc) is 3.06. The Balaban J connectivity index is 1.63. The highest BCUT2D eigenvalue weighted by molar-refractivity contribution is 5.80. The normalized spacial score (nSPS) is 10.9. The first-order valence-electron chi connectivity index (χ1n) is 9.39. The van der Waals surface area contributed by atoms with E-state index in [1.165, 1.54) is 9.13 Å². The number of benzene rings is 2. The molecule has 0 atom stereocenters. The molecule has 1 N–H and O–H groups in total. The van der Waals surface area contributed by atoms with Crippen LogP contribution in [0.25, 0.3) is 16.9 Å². The molecule has 2 aromatic heterocycles. The Morgan fingerprint density at radius 1 is 1.13 bits per heavy atom. The zero-order chi connectivity index (χ0) is 22.0. The smallest absolute Gasteiger partial charge is 0.335 e. The van der Waals surface area contributed by atoms with Crippen molar-refractivity contribution in [3.63, 3.8) is 0 Å². The fourth-order valence-electron chi connectivity index (χ4n) is 3.27. The molecule has 4 aromatic rings. The van der Waals surface area contributed by atoms with E-state index in [9.17, 15) is 18.4 Å². The monoisotopic (exact) mass is 424 g/mol. The van der Waals surface area contributed by atoms with Gasteiger partial charge in [-0.1, -0.05) is 0 Å². The average molecular weight is 424 g/mol. The van der Waals surface area contributed by atoms with Crippen LogP contribution in [0.5, 0.6) is 5.75 Å². The van der Waals surface area contributed by atoms with Gasteiger partial charge in [-0.05, 0) is 54.6 Å². The van der Waals surface area contributed by atoms with Gasteiger partial charge in [0, 0.05) is 18.3 Å². The van der Waals surface area contributed by atoms with Crippen molar-refractivity contribution in [1.29, 1.82) is 0 Å². The van der Waals surface area contributed by atoms with Crippen LogP contribution in [0.4, 0.5) is 8.78 Å². The van der Waals surface area contributed by atoms with E-state index in [4.69, 9.17) is 4.74 Å². The maximum absolute atomic E-state index is 13.8. The molecule has 2 aromatic carbocycles. The van der Waals surface area contributed by atoms with Gasteiger partial charge < -0.3 is 10.1 Å². The van der Waals surface area contributed by atoms with Crippen molar-refractivity contribution in [2.24, 2.45) is 0 Å². The lowest BCUT2D eigenvalue weighted by molar-refractivity contribution is -0.121. The molecule has 2 heterocycles. The molecule has 0 saturated carbocycles. The third-order valence-corrected chi connectivity index (χ3v) is 4.81. The molecular weight excluding hydrogens is 406 g/mol. The van der Waals surface area contributed by atoms with Gasteiger partial charge in [-0.2, -0.15) is 0 Å². The number of amides is 1. The molecule has 31 heavy (non-hydrogen) atoms. The fourth-order valence-corrected chi connectivity index (χ4v) is 3.27. The van der Waals surface area contributed by atoms with Crippen LogP contribution in [0.1, 0.15) is 5.56 Å². The largest absolute Gasteiger partial charge is 0.497 e. The van der Waals surface area contributed by atoms with Gasteiger partial charge in [0.15, 0.2) is 5.65 Å². The highest BCUT2D eigenvalue weighted by Gasteiger charge is 2.18. The Kier molecular flexibility index (Phi) is 5.48. The van der Waals surface area contributed by atoms with E-state index in [0.717, 1.165) is 18.2 Å². The van der Waals surface area contributed by atoms with Crippen LogP contribution in [-0.2, 0) is 17.9 Å². The molecule has 1 amide bonds. The van der Waals surface area contributed by atoms with Crippen molar-refractivity contribution < 1.29 is 18.3 Å². The third-order valence-electron chi connectivity index (χ3n) is 4.81. The minimum absolute atomic E-state index is 0.0167. The number of hydrogen-bond acceptors (Lipinski definition) is 4. The lowest BCUT2D eigenvalue weighted by Gasteiger charge is -2.07. The van der Waals surface area contributed by atoms with E-state index < -0.39 is 23.2 Å². The Bertz CT molecular complexity index is 1310. The minimum Gasteiger partial charge on any atom is -0.497 e. The summed E-state index contributed by atoms with van der Waals surface area (Å²) in [4.78, 5) is 29.9. The molecule has 0 aliphatic carbocycles. The van der Waals surface area contributed by atoms with E-state index in [1.54, 1.807) is 49.7 Å². The van der Waals surface area contributed by atoms with E-state index >= 15 is 0 Å². The van der Waals surface area contributed by atoms with Crippen molar-refractivity contribution in [1.82, 2.24) is 19.4 Å². The highest BCUT2D eigenvalue weighted by atomic mass is 19.1. The lowest BCUT2D eigenvalue weighted by Crippen LogP contribution is -2.32. The molecule has 0 bridgehead atoms. The number of methoxy groups -OCH3 is 1. The number of ether oxygens (including phenoxy) is 1. The first-order valence-corrected chi connectivity index (χ1v) is 9.39. The predicted octanol–water partition coefficient (Wildman–Crippen LogP) is 2.79. The summed E-state index contributed by atoms with van der Waals surface area (Å²) in [6.07, 6.45) is 1.55. The minimum atomic E-state index is -0.626. The number of imidazole rings is 1. The molecule has 0 spiro atoms. The van der Waals surface area contributed by atoms with Crippen molar-refractivity contribution >= 4 is 17.1 Å². The van der Waals surface area contributed by atoms with Gasteiger partial charge in [0.05, 0.1) is 18.3 Å². The molecule has 158 valence electrons. The molecule has 9 heteroatoms. The fraction of sp³-hybridized carbons (Fsp3) is 0.136. The number of aromatic nitrogens is 3. The van der Waals surface area contributed by atoms with Gasteiger partial charge in [0.2, 0.25) is 5.91 Å². The van der Waals surface area contributed by atoms with Crippen LogP contribution in [0, 0.1) is 11.6 Å². The third kappa shape index (κ3) is 4.02. The number of nitrogens with zero attached hydrogens (tertiary/aromatic N) is 3. The van der Waals surface area contributed by atoms with Crippen LogP contribution >= 0.6 is 0 Å². The second-order valence-electron chi connectivity index (χ2n) is 6.76. The van der Waals surface area contributed by atoms with E-state index in [1.807, 2.05) is 0 Å². The van der Waals surface area contributed by atoms with Crippen LogP contribution in [-0.4, -0.2) is 27.1 Å². The van der Waals surface area contributed by atoms with Gasteiger partial charge in [-0.15, -0.1) is 0 Å². The van der Waals surface area contributed by atoms with Gasteiger partial charge in [0.25, 0.3) is 0 Å². The number of rotatable bonds is 6. The topological polar surface area (TPSA) is 78.1 Å². The SMILES string of the molecule is COc1ccc(-n2c(=O)n(CC(=O)NCc3cc(F)ccc3F)c3cccnc32)cc1. The molecule has 7 nitrogen and oxygen atoms in total. The summed E-state index contributed by atoms with van der Waals surface area (Å²) < 4.78 is 34.9. The van der Waals surface area contributed by atoms with Gasteiger partial charge >= 0.3 is 5.69 Å². The second kappa shape index (κ2) is 8.39. The number of carbonyl (C=O) groups excluding carboxylic acids is 1. The van der Waals surface area contributed by atoms with Gasteiger partial charge in [-0.25, -0.2) is 23.1 Å². The number of nitrogens with one attached hydrogen (secondary N) is 1. The summed E-state index contributed by atoms with van der Waals surface area (Å²) in [5, 5.41) is 2.52. The van der Waals surface area contributed by atoms with Crippen LogP contribution in [0.2, 0.25) is 0 Å². The summed E-state index contributed by atoms with van der Waals surface area (Å²) in [5.74, 6) is -1.12. The first-order chi connectivity index (χ1) is 15.0. The van der Waals surface area contributed by atoms with Crippen LogP contribution in [0.15, 0.2) is 65.6 Å². The van der Waals surface area contributed by atoms with E-state index in [-0.39, 0.29) is 18.7 Å². The molecule has 0 aliphatic rings. The van der Waals surface area contributed by atoms with E-state index in [0.29, 0.717) is 22.6 Å². The van der Waals surface area contributed by atoms with Crippen molar-refractivity contribution in [3.05, 3.63) is 88.5 Å². The van der Waals surface area contributed by atoms with Crippen LogP contribution < -0.4 is 15.7 Å². The zero-order valence-electron chi connectivity index (χ0n) is 16.5. The van der Waals surface area contributed by atoms with Gasteiger partial charge in [0.1, 0.15) is 23.9 Å². The first kappa shape index (κ1) is 20.3. The Labute approximate surface area is 175 Å². The number of fused-ring (bicyclic) bond motifs is 1. The second-order valence-corrected chi connectivity index (χ2v) is 6.76. The molecule has 0 aliphatic heterocycles. The summed E-state index contributed by atoms with van der Waals surface area (Å²) >= 11 is 0. The molecular formula is C22H18F2N4O3. The van der Waals surface area contributed by atoms with Gasteiger partial charge in [-0.3, -0.25) is 9.36 Å². The lowest BCUT2D eigenvalue weighted by atomic mass is 10.2. The predicted molar refractivity (Wildman–Crippen MR) is 110 cm³/mol. The Hall–Kier alpha value is -4.01. The van der Waals surface area contributed by atoms with Crippen molar-refractivity contribution in [3.8, 4) is 11.4 Å². The Morgan fingerprint density at radius 2 is 1.90 bits per heavy atom. The van der Waals surface area contributed by atoms with Crippen molar-refractivity contribution in [2.45, 2.75) is 13.1 Å². The number of hydrogen-bond donors (Lipinski definition) is 1. The summed E-state index contributed by atoms with van der Waals surface area (Å²) in [6, 6.07) is 13.2. The number of halogens is 2. The summed E-state index contributed by atoms with van der Waals surface area (Å²) in [7, 11) is 1.54. The molecule has 4 rings (SSSR count).